The number of aldehydes is 1. The largest absolute Gasteiger partial charge is 0.303 e. The lowest BCUT2D eigenvalue weighted by Crippen LogP contribution is -2.42. The average molecular weight is 192 g/mol. The van der Waals surface area contributed by atoms with Gasteiger partial charge in [-0.1, -0.05) is 0 Å². The Hall–Kier alpha value is -0.460. The van der Waals surface area contributed by atoms with E-state index in [-0.39, 0.29) is 5.92 Å². The van der Waals surface area contributed by atoms with Crippen LogP contribution in [0.1, 0.15) is 12.8 Å². The molecule has 0 aromatic rings. The van der Waals surface area contributed by atoms with Crippen molar-refractivity contribution in [1.29, 1.82) is 0 Å². The molecule has 0 aromatic heterocycles. The molecule has 0 aliphatic carbocycles. The van der Waals surface area contributed by atoms with E-state index >= 15 is 0 Å². The van der Waals surface area contributed by atoms with E-state index in [1.807, 2.05) is 0 Å². The molecule has 0 amide bonds. The van der Waals surface area contributed by atoms with Gasteiger partial charge in [0.05, 0.1) is 0 Å². The van der Waals surface area contributed by atoms with Crippen LogP contribution in [0, 0.1) is 5.92 Å². The summed E-state index contributed by atoms with van der Waals surface area (Å²) < 4.78 is 22.8. The summed E-state index contributed by atoms with van der Waals surface area (Å²) in [4.78, 5) is 10.3. The van der Waals surface area contributed by atoms with Crippen molar-refractivity contribution in [3.63, 3.8) is 0 Å². The van der Waals surface area contributed by atoms with Gasteiger partial charge in [0.2, 0.25) is 0 Å². The second kappa shape index (κ2) is 3.51. The molecule has 1 heterocycles. The minimum Gasteiger partial charge on any atom is -0.303 e. The fourth-order valence-electron chi connectivity index (χ4n) is 1.27. The summed E-state index contributed by atoms with van der Waals surface area (Å²) in [7, 11) is -3.54. The van der Waals surface area contributed by atoms with Gasteiger partial charge in [0.25, 0.3) is 10.2 Å². The summed E-state index contributed by atoms with van der Waals surface area (Å²) in [5, 5.41) is 4.91. The molecule has 1 fully saturated rings. The van der Waals surface area contributed by atoms with Crippen molar-refractivity contribution in [2.24, 2.45) is 11.1 Å². The van der Waals surface area contributed by atoms with Gasteiger partial charge in [-0.15, -0.1) is 0 Å². The van der Waals surface area contributed by atoms with Gasteiger partial charge >= 0.3 is 0 Å². The second-order valence-corrected chi connectivity index (χ2v) is 4.46. The van der Waals surface area contributed by atoms with Crippen LogP contribution in [-0.4, -0.2) is 32.1 Å². The molecule has 70 valence electrons. The van der Waals surface area contributed by atoms with Gasteiger partial charge in [-0.25, -0.2) is 5.14 Å². The Bertz CT molecular complexity index is 254. The minimum atomic E-state index is -3.54. The van der Waals surface area contributed by atoms with E-state index in [2.05, 4.69) is 0 Å². The number of hydrogen-bond donors (Lipinski definition) is 1. The zero-order chi connectivity index (χ0) is 9.19. The van der Waals surface area contributed by atoms with E-state index in [0.717, 1.165) is 6.29 Å². The summed E-state index contributed by atoms with van der Waals surface area (Å²) in [5.74, 6) is 0.00278. The third-order valence-corrected chi connectivity index (χ3v) is 3.14. The molecule has 0 aromatic carbocycles. The lowest BCUT2D eigenvalue weighted by Gasteiger charge is -2.26. The third kappa shape index (κ3) is 2.26. The molecule has 1 saturated heterocycles. The van der Waals surface area contributed by atoms with Crippen LogP contribution < -0.4 is 5.14 Å². The molecule has 6 heteroatoms. The lowest BCUT2D eigenvalue weighted by molar-refractivity contribution is -0.112. The standard InChI is InChI=1S/C6H12N2O3S/c7-12(10,11)8-3-1-6(5-9)2-4-8/h5-6H,1-4H2,(H2,7,10,11). The molecule has 0 bridgehead atoms. The summed E-state index contributed by atoms with van der Waals surface area (Å²) >= 11 is 0. The molecular weight excluding hydrogens is 180 g/mol. The Balaban J connectivity index is 2.52. The van der Waals surface area contributed by atoms with Crippen LogP contribution in [0.3, 0.4) is 0 Å². The molecule has 1 aliphatic rings. The first-order valence-corrected chi connectivity index (χ1v) is 5.27. The van der Waals surface area contributed by atoms with Crippen molar-refractivity contribution in [3.8, 4) is 0 Å². The molecule has 1 aliphatic heterocycles. The van der Waals surface area contributed by atoms with Crippen molar-refractivity contribution < 1.29 is 13.2 Å². The normalized spacial score (nSPS) is 22.4. The first kappa shape index (κ1) is 9.63. The molecule has 12 heavy (non-hydrogen) atoms. The molecule has 2 N–H and O–H groups in total. The van der Waals surface area contributed by atoms with E-state index in [4.69, 9.17) is 5.14 Å². The van der Waals surface area contributed by atoms with Gasteiger partial charge < -0.3 is 4.79 Å². The molecular formula is C6H12N2O3S. The smallest absolute Gasteiger partial charge is 0.276 e. The Morgan fingerprint density at radius 2 is 1.83 bits per heavy atom. The van der Waals surface area contributed by atoms with Gasteiger partial charge in [0.1, 0.15) is 6.29 Å². The van der Waals surface area contributed by atoms with Crippen LogP contribution in [-0.2, 0) is 15.0 Å². The van der Waals surface area contributed by atoms with Gasteiger partial charge in [-0.2, -0.15) is 12.7 Å². The van der Waals surface area contributed by atoms with Crippen molar-refractivity contribution in [3.05, 3.63) is 0 Å². The molecule has 0 radical (unpaired) electrons. The lowest BCUT2D eigenvalue weighted by atomic mass is 10.0. The van der Waals surface area contributed by atoms with Gasteiger partial charge in [-0.3, -0.25) is 0 Å². The SMILES string of the molecule is NS(=O)(=O)N1CCC(C=O)CC1. The van der Waals surface area contributed by atoms with Gasteiger partial charge in [0.15, 0.2) is 0 Å². The minimum absolute atomic E-state index is 0.00278. The molecule has 0 saturated carbocycles. The van der Waals surface area contributed by atoms with Crippen molar-refractivity contribution in [1.82, 2.24) is 4.31 Å². The Morgan fingerprint density at radius 1 is 1.33 bits per heavy atom. The van der Waals surface area contributed by atoms with Crippen LogP contribution in [0.25, 0.3) is 0 Å². The number of nitrogens with two attached hydrogens (primary N) is 1. The fraction of sp³-hybridized carbons (Fsp3) is 0.833. The highest BCUT2D eigenvalue weighted by atomic mass is 32.2. The van der Waals surface area contributed by atoms with Crippen LogP contribution in [0.15, 0.2) is 0 Å². The molecule has 1 rings (SSSR count). The van der Waals surface area contributed by atoms with Crippen molar-refractivity contribution >= 4 is 16.5 Å². The fourth-order valence-corrected chi connectivity index (χ4v) is 1.99. The predicted molar refractivity (Wildman–Crippen MR) is 43.5 cm³/mol. The zero-order valence-electron chi connectivity index (χ0n) is 6.64. The maximum atomic E-state index is 10.8. The van der Waals surface area contributed by atoms with Crippen LogP contribution in [0.4, 0.5) is 0 Å². The second-order valence-electron chi connectivity index (χ2n) is 2.92. The number of piperidine rings is 1. The van der Waals surface area contributed by atoms with E-state index in [1.165, 1.54) is 4.31 Å². The number of nitrogens with zero attached hydrogens (tertiary/aromatic N) is 1. The van der Waals surface area contributed by atoms with Gasteiger partial charge in [-0.05, 0) is 12.8 Å². The first-order chi connectivity index (χ1) is 5.54. The maximum Gasteiger partial charge on any atom is 0.276 e. The van der Waals surface area contributed by atoms with E-state index < -0.39 is 10.2 Å². The quantitative estimate of drug-likeness (QED) is 0.576. The monoisotopic (exact) mass is 192 g/mol. The summed E-state index contributed by atoms with van der Waals surface area (Å²) in [6, 6.07) is 0. The van der Waals surface area contributed by atoms with E-state index in [9.17, 15) is 13.2 Å². The number of rotatable bonds is 2. The van der Waals surface area contributed by atoms with E-state index in [0.29, 0.717) is 25.9 Å². The molecule has 0 atom stereocenters. The van der Waals surface area contributed by atoms with Crippen LogP contribution in [0.2, 0.25) is 0 Å². The Morgan fingerprint density at radius 3 is 2.17 bits per heavy atom. The summed E-state index contributed by atoms with van der Waals surface area (Å²) in [6.45, 7) is 0.727. The van der Waals surface area contributed by atoms with Crippen LogP contribution in [0.5, 0.6) is 0 Å². The number of hydrogen-bond acceptors (Lipinski definition) is 3. The highest BCUT2D eigenvalue weighted by Crippen LogP contribution is 2.15. The third-order valence-electron chi connectivity index (χ3n) is 2.05. The molecule has 0 unspecified atom stereocenters. The van der Waals surface area contributed by atoms with Crippen LogP contribution >= 0.6 is 0 Å². The topological polar surface area (TPSA) is 80.5 Å². The van der Waals surface area contributed by atoms with Crippen molar-refractivity contribution in [2.75, 3.05) is 13.1 Å². The average Bonchev–Trinajstić information content (AvgIpc) is 2.03. The van der Waals surface area contributed by atoms with Crippen molar-refractivity contribution in [2.45, 2.75) is 12.8 Å². The predicted octanol–water partition coefficient (Wildman–Crippen LogP) is -0.899. The summed E-state index contributed by atoms with van der Waals surface area (Å²) in [5.41, 5.74) is 0. The van der Waals surface area contributed by atoms with E-state index in [1.54, 1.807) is 0 Å². The first-order valence-electron chi connectivity index (χ1n) is 3.77. The molecule has 0 spiro atoms. The Labute approximate surface area is 71.7 Å². The molecule has 5 nitrogen and oxygen atoms in total. The highest BCUT2D eigenvalue weighted by molar-refractivity contribution is 7.86. The highest BCUT2D eigenvalue weighted by Gasteiger charge is 2.24. The summed E-state index contributed by atoms with van der Waals surface area (Å²) in [6.07, 6.45) is 2.04. The Kier molecular flexibility index (Phi) is 2.81. The maximum absolute atomic E-state index is 10.8. The zero-order valence-corrected chi connectivity index (χ0v) is 7.46. The van der Waals surface area contributed by atoms with Gasteiger partial charge in [0, 0.05) is 19.0 Å². The number of carbonyl (C=O) groups is 1. The number of carbonyl (C=O) groups excluding carboxylic acids is 1.